The van der Waals surface area contributed by atoms with Crippen LogP contribution >= 0.6 is 0 Å². The fourth-order valence-corrected chi connectivity index (χ4v) is 4.35. The Labute approximate surface area is 172 Å². The van der Waals surface area contributed by atoms with Crippen molar-refractivity contribution in [3.05, 3.63) is 35.4 Å². The molecule has 8 nitrogen and oxygen atoms in total. The number of rotatable bonds is 4. The molecule has 2 aliphatic rings. The Bertz CT molecular complexity index is 901. The summed E-state index contributed by atoms with van der Waals surface area (Å²) in [5.74, 6) is -2.76. The van der Waals surface area contributed by atoms with Gasteiger partial charge in [0.05, 0.1) is 30.0 Å². The molecule has 2 N–H and O–H groups in total. The van der Waals surface area contributed by atoms with Crippen molar-refractivity contribution >= 4 is 16.0 Å². The van der Waals surface area contributed by atoms with Gasteiger partial charge in [-0.1, -0.05) is 12.1 Å². The monoisotopic (exact) mass is 449 g/mol. The van der Waals surface area contributed by atoms with Gasteiger partial charge < -0.3 is 9.84 Å². The topological polar surface area (TPSA) is 120 Å². The van der Waals surface area contributed by atoms with E-state index in [0.29, 0.717) is 25.3 Å². The van der Waals surface area contributed by atoms with Gasteiger partial charge in [-0.25, -0.2) is 17.9 Å². The number of nitriles is 1. The molecule has 1 aromatic rings. The summed E-state index contributed by atoms with van der Waals surface area (Å²) in [5.41, 5.74) is 1.71. The first kappa shape index (κ1) is 24.1. The summed E-state index contributed by atoms with van der Waals surface area (Å²) in [4.78, 5) is 11.2. The van der Waals surface area contributed by atoms with Crippen LogP contribution < -0.4 is 4.72 Å². The van der Waals surface area contributed by atoms with Gasteiger partial charge >= 0.3 is 12.1 Å². The van der Waals surface area contributed by atoms with Gasteiger partial charge in [0.2, 0.25) is 10.0 Å². The van der Waals surface area contributed by atoms with E-state index in [4.69, 9.17) is 19.9 Å². The van der Waals surface area contributed by atoms with E-state index >= 15 is 0 Å². The summed E-state index contributed by atoms with van der Waals surface area (Å²) in [7, 11) is -3.26. The Kier molecular flexibility index (Phi) is 7.81. The molecule has 30 heavy (non-hydrogen) atoms. The quantitative estimate of drug-likeness (QED) is 0.714. The van der Waals surface area contributed by atoms with Crippen LogP contribution in [-0.4, -0.2) is 68.2 Å². The molecule has 2 fully saturated rings. The van der Waals surface area contributed by atoms with Crippen molar-refractivity contribution in [2.45, 2.75) is 43.8 Å². The van der Waals surface area contributed by atoms with Crippen LogP contribution in [0.4, 0.5) is 13.2 Å². The van der Waals surface area contributed by atoms with Crippen molar-refractivity contribution in [1.82, 2.24) is 9.62 Å². The first-order chi connectivity index (χ1) is 13.9. The first-order valence-electron chi connectivity index (χ1n) is 9.03. The number of ether oxygens (including phenoxy) is 1. The Morgan fingerprint density at radius 3 is 2.67 bits per heavy atom. The van der Waals surface area contributed by atoms with Crippen LogP contribution in [0.1, 0.15) is 24.0 Å². The minimum absolute atomic E-state index is 0.0994. The minimum atomic E-state index is -5.08. The second-order valence-corrected chi connectivity index (χ2v) is 8.87. The van der Waals surface area contributed by atoms with Crippen LogP contribution in [0.2, 0.25) is 0 Å². The van der Waals surface area contributed by atoms with Gasteiger partial charge in [0.15, 0.2) is 0 Å². The molecule has 2 aliphatic heterocycles. The Morgan fingerprint density at radius 1 is 1.43 bits per heavy atom. The van der Waals surface area contributed by atoms with Gasteiger partial charge in [0.1, 0.15) is 0 Å². The van der Waals surface area contributed by atoms with Crippen molar-refractivity contribution in [3.8, 4) is 6.07 Å². The van der Waals surface area contributed by atoms with Crippen molar-refractivity contribution < 1.29 is 36.2 Å². The third kappa shape index (κ3) is 6.94. The fraction of sp³-hybridized carbons (Fsp3) is 0.556. The predicted molar refractivity (Wildman–Crippen MR) is 99.8 cm³/mol. The fourth-order valence-electron chi connectivity index (χ4n) is 3.59. The second kappa shape index (κ2) is 9.74. The summed E-state index contributed by atoms with van der Waals surface area (Å²) in [5, 5.41) is 16.1. The number of carbonyl (C=O) groups is 1. The molecule has 166 valence electrons. The van der Waals surface area contributed by atoms with Crippen molar-refractivity contribution in [1.29, 1.82) is 5.26 Å². The zero-order chi connectivity index (χ0) is 22.5. The molecule has 0 bridgehead atoms. The maximum Gasteiger partial charge on any atom is 0.490 e. The Balaban J connectivity index is 0.000000396. The van der Waals surface area contributed by atoms with E-state index in [9.17, 15) is 21.6 Å². The number of carboxylic acid groups (broad SMARTS) is 1. The number of fused-ring (bicyclic) bond motifs is 1. The minimum Gasteiger partial charge on any atom is -0.475 e. The molecule has 0 amide bonds. The van der Waals surface area contributed by atoms with E-state index in [0.717, 1.165) is 18.4 Å². The van der Waals surface area contributed by atoms with Gasteiger partial charge in [-0.15, -0.1) is 0 Å². The summed E-state index contributed by atoms with van der Waals surface area (Å²) >= 11 is 0. The highest BCUT2D eigenvalue weighted by molar-refractivity contribution is 7.88. The van der Waals surface area contributed by atoms with Crippen molar-refractivity contribution in [2.75, 3.05) is 19.4 Å². The maximum absolute atomic E-state index is 11.6. The number of hydrogen-bond acceptors (Lipinski definition) is 6. The number of carboxylic acids is 1. The number of aliphatic carboxylic acids is 1. The first-order valence-corrected chi connectivity index (χ1v) is 10.9. The third-order valence-corrected chi connectivity index (χ3v) is 5.41. The van der Waals surface area contributed by atoms with Crippen LogP contribution in [-0.2, 0) is 26.1 Å². The number of benzene rings is 1. The molecule has 0 radical (unpaired) electrons. The number of likely N-dealkylation sites (tertiary alicyclic amines) is 1. The molecular formula is C18H22F3N3O5S. The average Bonchev–Trinajstić information content (AvgIpc) is 2.97. The molecule has 0 aliphatic carbocycles. The highest BCUT2D eigenvalue weighted by atomic mass is 32.2. The van der Waals surface area contributed by atoms with Crippen LogP contribution in [0.15, 0.2) is 24.3 Å². The lowest BCUT2D eigenvalue weighted by Crippen LogP contribution is -2.47. The van der Waals surface area contributed by atoms with Gasteiger partial charge in [-0.05, 0) is 30.5 Å². The van der Waals surface area contributed by atoms with E-state index < -0.39 is 22.2 Å². The Hall–Kier alpha value is -2.20. The summed E-state index contributed by atoms with van der Waals surface area (Å²) in [6, 6.07) is 9.70. The van der Waals surface area contributed by atoms with Crippen molar-refractivity contribution in [2.24, 2.45) is 0 Å². The smallest absolute Gasteiger partial charge is 0.475 e. The van der Waals surface area contributed by atoms with Gasteiger partial charge in [0.25, 0.3) is 0 Å². The normalized spacial score (nSPS) is 24.3. The number of alkyl halides is 3. The highest BCUT2D eigenvalue weighted by Crippen LogP contribution is 2.30. The second-order valence-electron chi connectivity index (χ2n) is 7.09. The largest absolute Gasteiger partial charge is 0.490 e. The van der Waals surface area contributed by atoms with E-state index in [1.165, 1.54) is 6.26 Å². The molecule has 0 unspecified atom stereocenters. The average molecular weight is 449 g/mol. The van der Waals surface area contributed by atoms with Gasteiger partial charge in [-0.2, -0.15) is 18.4 Å². The maximum atomic E-state index is 11.6. The molecule has 2 heterocycles. The van der Waals surface area contributed by atoms with E-state index in [2.05, 4.69) is 15.7 Å². The SMILES string of the molecule is CS(=O)(=O)N[C@@H]1CN(Cc2cccc(C#N)c2)[C@@H]2CCCO[C@@H]21.O=C(O)C(F)(F)F. The lowest BCUT2D eigenvalue weighted by molar-refractivity contribution is -0.192. The van der Waals surface area contributed by atoms with Crippen LogP contribution in [0.5, 0.6) is 0 Å². The highest BCUT2D eigenvalue weighted by Gasteiger charge is 2.44. The zero-order valence-electron chi connectivity index (χ0n) is 16.1. The third-order valence-electron chi connectivity index (χ3n) is 4.68. The van der Waals surface area contributed by atoms with Gasteiger partial charge in [0, 0.05) is 25.7 Å². The molecule has 12 heteroatoms. The summed E-state index contributed by atoms with van der Waals surface area (Å²) < 4.78 is 63.5. The standard InChI is InChI=1S/C16H21N3O3S.C2HF3O2/c1-23(20,21)18-14-11-19(15-6-3-7-22-16(14)15)10-13-5-2-4-12(8-13)9-17;3-2(4,5)1(6)7/h2,4-5,8,14-16,18H,3,6-7,10-11H2,1H3;(H,6,7)/t14-,15-,16-;/m1./s1. The van der Waals surface area contributed by atoms with Crippen LogP contribution in [0.3, 0.4) is 0 Å². The molecule has 3 rings (SSSR count). The predicted octanol–water partition coefficient (Wildman–Crippen LogP) is 1.47. The molecule has 0 spiro atoms. The molecule has 0 saturated carbocycles. The number of nitrogens with zero attached hydrogens (tertiary/aromatic N) is 2. The summed E-state index contributed by atoms with van der Waals surface area (Å²) in [6.07, 6.45) is -2.01. The van der Waals surface area contributed by atoms with Crippen molar-refractivity contribution in [3.63, 3.8) is 0 Å². The van der Waals surface area contributed by atoms with Crippen LogP contribution in [0.25, 0.3) is 0 Å². The molecule has 1 aromatic carbocycles. The Morgan fingerprint density at radius 2 is 2.10 bits per heavy atom. The lowest BCUT2D eigenvalue weighted by Gasteiger charge is -2.32. The number of hydrogen-bond donors (Lipinski definition) is 2. The molecular weight excluding hydrogens is 427 g/mol. The summed E-state index contributed by atoms with van der Waals surface area (Å²) in [6.45, 7) is 2.00. The lowest BCUT2D eigenvalue weighted by atomic mass is 10.0. The van der Waals surface area contributed by atoms with E-state index in [-0.39, 0.29) is 18.2 Å². The van der Waals surface area contributed by atoms with Crippen LogP contribution in [0, 0.1) is 11.3 Å². The molecule has 3 atom stereocenters. The number of nitrogens with one attached hydrogen (secondary N) is 1. The molecule has 0 aromatic heterocycles. The van der Waals surface area contributed by atoms with Gasteiger partial charge in [-0.3, -0.25) is 4.90 Å². The number of halogens is 3. The van der Waals surface area contributed by atoms with E-state index in [1.807, 2.05) is 18.2 Å². The number of sulfonamides is 1. The van der Waals surface area contributed by atoms with E-state index in [1.54, 1.807) is 6.07 Å². The zero-order valence-corrected chi connectivity index (χ0v) is 16.9. The molecule has 2 saturated heterocycles.